The van der Waals surface area contributed by atoms with Crippen LogP contribution in [-0.4, -0.2) is 72.0 Å². The molecule has 0 fully saturated rings. The van der Waals surface area contributed by atoms with E-state index in [0.29, 0.717) is 30.7 Å². The van der Waals surface area contributed by atoms with Gasteiger partial charge in [0.15, 0.2) is 5.65 Å². The summed E-state index contributed by atoms with van der Waals surface area (Å²) in [5, 5.41) is 27.9. The van der Waals surface area contributed by atoms with Gasteiger partial charge in [0.05, 0.1) is 18.0 Å². The minimum absolute atomic E-state index is 0.0172. The van der Waals surface area contributed by atoms with E-state index in [0.717, 1.165) is 57.3 Å². The molecule has 1 amide bonds. The third-order valence-electron chi connectivity index (χ3n) is 8.15. The van der Waals surface area contributed by atoms with Crippen molar-refractivity contribution >= 4 is 17.4 Å². The Balaban J connectivity index is 1.55. The number of aromatic nitrogens is 5. The van der Waals surface area contributed by atoms with Gasteiger partial charge < -0.3 is 25.0 Å². The number of anilines is 1. The van der Waals surface area contributed by atoms with Crippen molar-refractivity contribution in [1.82, 2.24) is 29.0 Å². The van der Waals surface area contributed by atoms with Gasteiger partial charge in [-0.2, -0.15) is 9.61 Å². The summed E-state index contributed by atoms with van der Waals surface area (Å²) in [6.07, 6.45) is 4.98. The van der Waals surface area contributed by atoms with Crippen LogP contribution in [0.25, 0.3) is 28.2 Å². The Labute approximate surface area is 258 Å². The third kappa shape index (κ3) is 6.22. The number of fused-ring (bicyclic) bond motifs is 1. The molecule has 0 unspecified atom stereocenters. The summed E-state index contributed by atoms with van der Waals surface area (Å²) < 4.78 is 3.81. The highest BCUT2D eigenvalue weighted by atomic mass is 16.3. The lowest BCUT2D eigenvalue weighted by Crippen LogP contribution is -2.28. The maximum atomic E-state index is 13.3. The zero-order chi connectivity index (χ0) is 31.4. The Hall–Kier alpha value is -4.54. The van der Waals surface area contributed by atoms with E-state index in [1.54, 1.807) is 18.1 Å². The number of imidazole rings is 1. The highest BCUT2D eigenvalue weighted by Crippen LogP contribution is 2.33. The second-order valence-corrected chi connectivity index (χ2v) is 11.3. The zero-order valence-corrected chi connectivity index (χ0v) is 26.1. The number of nitrogens with zero attached hydrogens (tertiary/aromatic N) is 6. The molecule has 0 bridgehead atoms. The first-order valence-corrected chi connectivity index (χ1v) is 15.0. The van der Waals surface area contributed by atoms with E-state index in [-0.39, 0.29) is 25.0 Å². The van der Waals surface area contributed by atoms with Gasteiger partial charge in [-0.25, -0.2) is 9.97 Å². The highest BCUT2D eigenvalue weighted by Gasteiger charge is 2.22. The minimum Gasteiger partial charge on any atom is -0.396 e. The second-order valence-electron chi connectivity index (χ2n) is 11.3. The molecule has 3 N–H and O–H groups in total. The first-order valence-electron chi connectivity index (χ1n) is 15.0. The lowest BCUT2D eigenvalue weighted by Gasteiger charge is -2.18. The molecule has 1 atom stereocenters. The Kier molecular flexibility index (Phi) is 9.41. The van der Waals surface area contributed by atoms with Gasteiger partial charge in [0.25, 0.3) is 5.91 Å². The minimum atomic E-state index is -0.134. The standard InChI is InChI=1S/C34H41N7O3/c1-6-25(21-43)29-19-30(36-20-24-9-7-10-27(17-24)32-35-13-15-39(32)4)41-33(37-29)31(23(3)38-41)26-12-11-22(2)28(18-26)34(44)40(5)14-8-16-42/h7,9-13,15,17-19,25,36,42-43H,6,8,14,16,20-21H2,1-5H3/t25-/m0/s1. The second kappa shape index (κ2) is 13.4. The average molecular weight is 596 g/mol. The molecule has 3 aromatic heterocycles. The monoisotopic (exact) mass is 595 g/mol. The Morgan fingerprint density at radius 1 is 1.09 bits per heavy atom. The predicted molar refractivity (Wildman–Crippen MR) is 173 cm³/mol. The maximum absolute atomic E-state index is 13.3. The predicted octanol–water partition coefficient (Wildman–Crippen LogP) is 4.97. The summed E-state index contributed by atoms with van der Waals surface area (Å²) in [4.78, 5) is 24.5. The molecule has 10 nitrogen and oxygen atoms in total. The van der Waals surface area contributed by atoms with E-state index in [1.165, 1.54) is 0 Å². The summed E-state index contributed by atoms with van der Waals surface area (Å²) >= 11 is 0. The van der Waals surface area contributed by atoms with Crippen molar-refractivity contribution in [2.45, 2.75) is 46.1 Å². The first kappa shape index (κ1) is 30.9. The number of aryl methyl sites for hydroxylation is 3. The van der Waals surface area contributed by atoms with Gasteiger partial charge in [-0.05, 0) is 55.5 Å². The SMILES string of the molecule is CC[C@@H](CO)c1cc(NCc2cccc(-c3nccn3C)c2)n2nc(C)c(-c3ccc(C)c(C(=O)N(C)CCCO)c3)c2n1. The van der Waals surface area contributed by atoms with Crippen LogP contribution in [-0.2, 0) is 13.6 Å². The van der Waals surface area contributed by atoms with Crippen molar-refractivity contribution in [3.63, 3.8) is 0 Å². The van der Waals surface area contributed by atoms with Crippen LogP contribution in [0.1, 0.15) is 58.6 Å². The van der Waals surface area contributed by atoms with Gasteiger partial charge in [0.1, 0.15) is 11.6 Å². The van der Waals surface area contributed by atoms with Crippen LogP contribution in [0.4, 0.5) is 5.82 Å². The molecule has 0 saturated heterocycles. The van der Waals surface area contributed by atoms with Crippen LogP contribution >= 0.6 is 0 Å². The van der Waals surface area contributed by atoms with Gasteiger partial charge in [-0.15, -0.1) is 0 Å². The molecule has 3 heterocycles. The fourth-order valence-corrected chi connectivity index (χ4v) is 5.53. The summed E-state index contributed by atoms with van der Waals surface area (Å²) in [5.74, 6) is 1.44. The van der Waals surface area contributed by atoms with Crippen molar-refractivity contribution < 1.29 is 15.0 Å². The summed E-state index contributed by atoms with van der Waals surface area (Å²) in [7, 11) is 3.73. The van der Waals surface area contributed by atoms with E-state index >= 15 is 0 Å². The molecular weight excluding hydrogens is 554 g/mol. The molecule has 0 saturated carbocycles. The number of carbonyl (C=O) groups is 1. The summed E-state index contributed by atoms with van der Waals surface area (Å²) in [6.45, 7) is 6.94. The lowest BCUT2D eigenvalue weighted by atomic mass is 9.98. The Morgan fingerprint density at radius 2 is 1.91 bits per heavy atom. The van der Waals surface area contributed by atoms with Crippen LogP contribution < -0.4 is 5.32 Å². The van der Waals surface area contributed by atoms with Crippen LogP contribution in [0.5, 0.6) is 0 Å². The molecule has 0 aliphatic carbocycles. The molecule has 0 aliphatic heterocycles. The zero-order valence-electron chi connectivity index (χ0n) is 26.1. The number of hydrogen-bond donors (Lipinski definition) is 3. The molecule has 44 heavy (non-hydrogen) atoms. The van der Waals surface area contributed by atoms with Gasteiger partial charge in [-0.1, -0.05) is 37.3 Å². The topological polar surface area (TPSA) is 121 Å². The quantitative estimate of drug-likeness (QED) is 0.186. The number of aliphatic hydroxyl groups excluding tert-OH is 2. The van der Waals surface area contributed by atoms with E-state index in [9.17, 15) is 15.0 Å². The molecule has 10 heteroatoms. The Morgan fingerprint density at radius 3 is 2.61 bits per heavy atom. The van der Waals surface area contributed by atoms with Crippen LogP contribution in [0.2, 0.25) is 0 Å². The highest BCUT2D eigenvalue weighted by molar-refractivity contribution is 5.97. The number of nitrogens with one attached hydrogen (secondary N) is 1. The summed E-state index contributed by atoms with van der Waals surface area (Å²) in [6, 6.07) is 16.1. The average Bonchev–Trinajstić information content (AvgIpc) is 3.61. The lowest BCUT2D eigenvalue weighted by molar-refractivity contribution is 0.0785. The Bertz CT molecular complexity index is 1770. The number of benzene rings is 2. The van der Waals surface area contributed by atoms with E-state index in [2.05, 4.69) is 28.5 Å². The molecule has 5 aromatic rings. The fourth-order valence-electron chi connectivity index (χ4n) is 5.53. The van der Waals surface area contributed by atoms with Gasteiger partial charge >= 0.3 is 0 Å². The van der Waals surface area contributed by atoms with E-state index in [1.807, 2.05) is 73.4 Å². The van der Waals surface area contributed by atoms with Crippen molar-refractivity contribution in [2.75, 3.05) is 32.1 Å². The molecule has 0 aliphatic rings. The van der Waals surface area contributed by atoms with Gasteiger partial charge in [0, 0.05) is 74.9 Å². The molecule has 5 rings (SSSR count). The van der Waals surface area contributed by atoms with Crippen molar-refractivity contribution in [1.29, 1.82) is 0 Å². The number of hydrogen-bond acceptors (Lipinski definition) is 7. The van der Waals surface area contributed by atoms with Crippen molar-refractivity contribution in [2.24, 2.45) is 7.05 Å². The van der Waals surface area contributed by atoms with Gasteiger partial charge in [-0.3, -0.25) is 4.79 Å². The molecule has 0 radical (unpaired) electrons. The van der Waals surface area contributed by atoms with Crippen molar-refractivity contribution in [3.8, 4) is 22.5 Å². The van der Waals surface area contributed by atoms with Crippen LogP contribution in [0.3, 0.4) is 0 Å². The maximum Gasteiger partial charge on any atom is 0.253 e. The number of carbonyl (C=O) groups excluding carboxylic acids is 1. The van der Waals surface area contributed by atoms with E-state index < -0.39 is 0 Å². The van der Waals surface area contributed by atoms with Crippen LogP contribution in [0.15, 0.2) is 60.9 Å². The van der Waals surface area contributed by atoms with Crippen LogP contribution in [0, 0.1) is 13.8 Å². The first-order chi connectivity index (χ1) is 21.2. The van der Waals surface area contributed by atoms with Crippen molar-refractivity contribution in [3.05, 3.63) is 89.0 Å². The number of rotatable bonds is 12. The fraction of sp³-hybridized carbons (Fsp3) is 0.353. The molecule has 0 spiro atoms. The normalized spacial score (nSPS) is 12.1. The molecular formula is C34H41N7O3. The smallest absolute Gasteiger partial charge is 0.253 e. The molecule has 230 valence electrons. The number of aliphatic hydroxyl groups is 2. The largest absolute Gasteiger partial charge is 0.396 e. The van der Waals surface area contributed by atoms with Gasteiger partial charge in [0.2, 0.25) is 0 Å². The third-order valence-corrected chi connectivity index (χ3v) is 8.15. The molecule has 2 aromatic carbocycles. The summed E-state index contributed by atoms with van der Waals surface area (Å²) in [5.41, 5.74) is 7.50. The number of amides is 1. The van der Waals surface area contributed by atoms with E-state index in [4.69, 9.17) is 10.1 Å².